The van der Waals surface area contributed by atoms with Crippen LogP contribution in [0.25, 0.3) is 0 Å². The molecular formula is C15H19NO4. The molecule has 1 aliphatic rings. The molecule has 1 N–H and O–H groups in total. The van der Waals surface area contributed by atoms with Crippen LogP contribution in [0.5, 0.6) is 11.5 Å². The van der Waals surface area contributed by atoms with Gasteiger partial charge in [-0.15, -0.1) is 0 Å². The Morgan fingerprint density at radius 3 is 2.50 bits per heavy atom. The number of methoxy groups -OCH3 is 2. The Hall–Kier alpha value is -2.17. The van der Waals surface area contributed by atoms with E-state index in [-0.39, 0.29) is 5.91 Å². The molecule has 1 aromatic carbocycles. The average molecular weight is 277 g/mol. The lowest BCUT2D eigenvalue weighted by Crippen LogP contribution is -2.27. The van der Waals surface area contributed by atoms with Crippen LogP contribution in [0.4, 0.5) is 0 Å². The Balaban J connectivity index is 2.02. The largest absolute Gasteiger partial charge is 0.497 e. The molecule has 0 saturated carbocycles. The van der Waals surface area contributed by atoms with Crippen LogP contribution in [0.15, 0.2) is 30.0 Å². The van der Waals surface area contributed by atoms with Crippen LogP contribution in [-0.4, -0.2) is 33.3 Å². The molecule has 0 aromatic heterocycles. The molecule has 0 fully saturated rings. The van der Waals surface area contributed by atoms with Crippen molar-refractivity contribution in [1.82, 2.24) is 5.32 Å². The summed E-state index contributed by atoms with van der Waals surface area (Å²) >= 11 is 0. The number of hydrogen-bond acceptors (Lipinski definition) is 4. The zero-order valence-electron chi connectivity index (χ0n) is 11.8. The van der Waals surface area contributed by atoms with Crippen molar-refractivity contribution in [3.63, 3.8) is 0 Å². The van der Waals surface area contributed by atoms with E-state index < -0.39 is 0 Å². The van der Waals surface area contributed by atoms with Crippen LogP contribution < -0.4 is 14.8 Å². The highest BCUT2D eigenvalue weighted by molar-refractivity contribution is 5.95. The van der Waals surface area contributed by atoms with Gasteiger partial charge in [0, 0.05) is 11.6 Å². The van der Waals surface area contributed by atoms with Crippen molar-refractivity contribution in [2.45, 2.75) is 12.8 Å². The summed E-state index contributed by atoms with van der Waals surface area (Å²) in [5.41, 5.74) is 0.498. The van der Waals surface area contributed by atoms with Gasteiger partial charge in [-0.3, -0.25) is 4.79 Å². The van der Waals surface area contributed by atoms with Crippen LogP contribution in [0.3, 0.4) is 0 Å². The molecule has 0 radical (unpaired) electrons. The topological polar surface area (TPSA) is 56.8 Å². The number of carbonyl (C=O) groups excluding carboxylic acids is 1. The molecule has 1 amide bonds. The fourth-order valence-corrected chi connectivity index (χ4v) is 1.94. The van der Waals surface area contributed by atoms with Gasteiger partial charge in [0.15, 0.2) is 0 Å². The smallest absolute Gasteiger partial charge is 0.251 e. The van der Waals surface area contributed by atoms with Crippen molar-refractivity contribution in [1.29, 1.82) is 0 Å². The number of amides is 1. The van der Waals surface area contributed by atoms with Crippen molar-refractivity contribution >= 4 is 5.91 Å². The Morgan fingerprint density at radius 1 is 1.25 bits per heavy atom. The zero-order valence-corrected chi connectivity index (χ0v) is 11.8. The molecule has 5 nitrogen and oxygen atoms in total. The predicted molar refractivity (Wildman–Crippen MR) is 75.1 cm³/mol. The molecular weight excluding hydrogens is 258 g/mol. The fraction of sp³-hybridized carbons (Fsp3) is 0.400. The first-order valence-corrected chi connectivity index (χ1v) is 6.56. The fourth-order valence-electron chi connectivity index (χ4n) is 1.94. The van der Waals surface area contributed by atoms with E-state index in [1.165, 1.54) is 0 Å². The standard InChI is InChI=1S/C15H19NO4/c1-18-13-7-11(8-14(9-13)19-2)15(17)16-10-12-5-3-4-6-20-12/h5,7-9H,3-4,6,10H2,1-2H3,(H,16,17). The van der Waals surface area contributed by atoms with Gasteiger partial charge in [0.25, 0.3) is 5.91 Å². The predicted octanol–water partition coefficient (Wildman–Crippen LogP) is 2.13. The van der Waals surface area contributed by atoms with Gasteiger partial charge < -0.3 is 19.5 Å². The quantitative estimate of drug-likeness (QED) is 0.895. The molecule has 20 heavy (non-hydrogen) atoms. The summed E-state index contributed by atoms with van der Waals surface area (Å²) in [4.78, 5) is 12.1. The summed E-state index contributed by atoms with van der Waals surface area (Å²) in [6.07, 6.45) is 4.04. The molecule has 1 aliphatic heterocycles. The Labute approximate surface area is 118 Å². The minimum absolute atomic E-state index is 0.183. The second-order valence-electron chi connectivity index (χ2n) is 4.45. The van der Waals surface area contributed by atoms with Gasteiger partial charge in [-0.1, -0.05) is 0 Å². The van der Waals surface area contributed by atoms with E-state index in [1.54, 1.807) is 32.4 Å². The number of carbonyl (C=O) groups is 1. The maximum Gasteiger partial charge on any atom is 0.251 e. The number of allylic oxidation sites excluding steroid dienone is 1. The van der Waals surface area contributed by atoms with E-state index in [4.69, 9.17) is 14.2 Å². The normalized spacial score (nSPS) is 14.0. The molecule has 0 bridgehead atoms. The number of rotatable bonds is 5. The molecule has 1 heterocycles. The van der Waals surface area contributed by atoms with Crippen LogP contribution >= 0.6 is 0 Å². The summed E-state index contributed by atoms with van der Waals surface area (Å²) in [5, 5.41) is 2.83. The highest BCUT2D eigenvalue weighted by atomic mass is 16.5. The summed E-state index contributed by atoms with van der Waals surface area (Å²) in [7, 11) is 3.11. The highest BCUT2D eigenvalue weighted by Gasteiger charge is 2.11. The number of ether oxygens (including phenoxy) is 3. The Bertz CT molecular complexity index is 488. The molecule has 0 spiro atoms. The molecule has 1 aromatic rings. The van der Waals surface area contributed by atoms with Gasteiger partial charge >= 0.3 is 0 Å². The number of nitrogens with one attached hydrogen (secondary N) is 1. The zero-order chi connectivity index (χ0) is 14.4. The lowest BCUT2D eigenvalue weighted by Gasteiger charge is -2.15. The van der Waals surface area contributed by atoms with E-state index in [1.807, 2.05) is 6.08 Å². The third-order valence-electron chi connectivity index (χ3n) is 3.04. The summed E-state index contributed by atoms with van der Waals surface area (Å²) in [6, 6.07) is 5.07. The molecule has 0 saturated heterocycles. The SMILES string of the molecule is COc1cc(OC)cc(C(=O)NCC2=CCCCO2)c1. The van der Waals surface area contributed by atoms with E-state index in [0.717, 1.165) is 18.6 Å². The van der Waals surface area contributed by atoms with Crippen LogP contribution in [0, 0.1) is 0 Å². The van der Waals surface area contributed by atoms with Crippen molar-refractivity contribution in [2.24, 2.45) is 0 Å². The number of benzene rings is 1. The van der Waals surface area contributed by atoms with Crippen LogP contribution in [-0.2, 0) is 4.74 Å². The maximum atomic E-state index is 12.1. The van der Waals surface area contributed by atoms with Gasteiger partial charge in [0.05, 0.1) is 27.4 Å². The minimum Gasteiger partial charge on any atom is -0.497 e. The first kappa shape index (κ1) is 14.2. The monoisotopic (exact) mass is 277 g/mol. The third-order valence-corrected chi connectivity index (χ3v) is 3.04. The number of hydrogen-bond donors (Lipinski definition) is 1. The lowest BCUT2D eigenvalue weighted by molar-refractivity contribution is 0.0943. The first-order valence-electron chi connectivity index (χ1n) is 6.56. The van der Waals surface area contributed by atoms with E-state index >= 15 is 0 Å². The van der Waals surface area contributed by atoms with Crippen molar-refractivity contribution in [3.05, 3.63) is 35.6 Å². The second kappa shape index (κ2) is 6.84. The minimum atomic E-state index is -0.183. The van der Waals surface area contributed by atoms with Crippen LogP contribution in [0.2, 0.25) is 0 Å². The summed E-state index contributed by atoms with van der Waals surface area (Å²) in [6.45, 7) is 1.12. The Morgan fingerprint density at radius 2 is 1.95 bits per heavy atom. The van der Waals surface area contributed by atoms with E-state index in [0.29, 0.717) is 30.2 Å². The average Bonchev–Trinajstić information content (AvgIpc) is 2.52. The maximum absolute atomic E-state index is 12.1. The van der Waals surface area contributed by atoms with Crippen molar-refractivity contribution < 1.29 is 19.0 Å². The first-order chi connectivity index (χ1) is 9.72. The second-order valence-corrected chi connectivity index (χ2v) is 4.45. The molecule has 108 valence electrons. The van der Waals surface area contributed by atoms with Gasteiger partial charge in [0.2, 0.25) is 0 Å². The van der Waals surface area contributed by atoms with Crippen molar-refractivity contribution in [2.75, 3.05) is 27.4 Å². The van der Waals surface area contributed by atoms with Gasteiger partial charge in [0.1, 0.15) is 17.3 Å². The van der Waals surface area contributed by atoms with E-state index in [9.17, 15) is 4.79 Å². The summed E-state index contributed by atoms with van der Waals surface area (Å²) in [5.74, 6) is 1.81. The van der Waals surface area contributed by atoms with Crippen LogP contribution in [0.1, 0.15) is 23.2 Å². The highest BCUT2D eigenvalue weighted by Crippen LogP contribution is 2.22. The van der Waals surface area contributed by atoms with Gasteiger partial charge in [-0.2, -0.15) is 0 Å². The van der Waals surface area contributed by atoms with Gasteiger partial charge in [-0.25, -0.2) is 0 Å². The van der Waals surface area contributed by atoms with Gasteiger partial charge in [-0.05, 0) is 31.1 Å². The molecule has 0 atom stereocenters. The molecule has 0 aliphatic carbocycles. The third kappa shape index (κ3) is 3.66. The Kier molecular flexibility index (Phi) is 4.87. The molecule has 2 rings (SSSR count). The van der Waals surface area contributed by atoms with Crippen molar-refractivity contribution in [3.8, 4) is 11.5 Å². The van der Waals surface area contributed by atoms with E-state index in [2.05, 4.69) is 5.32 Å². The molecule has 5 heteroatoms. The summed E-state index contributed by atoms with van der Waals surface area (Å²) < 4.78 is 15.7. The molecule has 0 unspecified atom stereocenters. The lowest BCUT2D eigenvalue weighted by atomic mass is 10.2.